The highest BCUT2D eigenvalue weighted by Crippen LogP contribution is 1.83. The van der Waals surface area contributed by atoms with Gasteiger partial charge in [0, 0.05) is 13.2 Å². The number of methoxy groups -OCH3 is 1. The number of rotatable bonds is 2. The predicted molar refractivity (Wildman–Crippen MR) is 48.3 cm³/mol. The van der Waals surface area contributed by atoms with Crippen LogP contribution in [0.2, 0.25) is 0 Å². The van der Waals surface area contributed by atoms with Gasteiger partial charge in [-0.1, -0.05) is 6.92 Å². The zero-order valence-corrected chi connectivity index (χ0v) is 8.77. The first kappa shape index (κ1) is 12.5. The molecular weight excluding hydrogens is 184 g/mol. The molecule has 0 aliphatic carbocycles. The van der Waals surface area contributed by atoms with Gasteiger partial charge in [0.2, 0.25) is 0 Å². The summed E-state index contributed by atoms with van der Waals surface area (Å²) < 4.78 is 7.82. The number of aromatic nitrogens is 2. The number of carbonyl (C=O) groups excluding carboxylic acids is 1. The maximum Gasteiger partial charge on any atom is 0.251 e. The number of ether oxygens (including phenoxy) is 1. The molecule has 0 spiro atoms. The molecule has 80 valence electrons. The summed E-state index contributed by atoms with van der Waals surface area (Å²) in [6, 6.07) is 2.05. The van der Waals surface area contributed by atoms with Crippen LogP contribution in [0.3, 0.4) is 0 Å². The zero-order chi connectivity index (χ0) is 11.0. The number of nitrogens with zero attached hydrogens (tertiary/aromatic N) is 2. The molecule has 0 atom stereocenters. The minimum absolute atomic E-state index is 1.04. The first-order valence-electron chi connectivity index (χ1n) is 4.37. The highest BCUT2D eigenvalue weighted by Gasteiger charge is 1.96. The maximum atomic E-state index is 9.03. The van der Waals surface area contributed by atoms with Crippen LogP contribution in [0.1, 0.15) is 13.3 Å². The van der Waals surface area contributed by atoms with E-state index in [1.54, 1.807) is 0 Å². The third-order valence-corrected chi connectivity index (χ3v) is 1.58. The van der Waals surface area contributed by atoms with Crippen molar-refractivity contribution in [3.05, 3.63) is 18.5 Å². The summed E-state index contributed by atoms with van der Waals surface area (Å²) in [6.45, 7) is 3.30. The van der Waals surface area contributed by atoms with E-state index in [0.717, 1.165) is 13.7 Å². The van der Waals surface area contributed by atoms with Crippen molar-refractivity contribution in [2.24, 2.45) is 7.05 Å². The third-order valence-electron chi connectivity index (χ3n) is 1.58. The predicted octanol–water partition coefficient (Wildman–Crippen LogP) is -0.301. The average Bonchev–Trinajstić information content (AvgIpc) is 2.54. The van der Waals surface area contributed by atoms with E-state index in [4.69, 9.17) is 9.90 Å². The number of aryl methyl sites for hydroxylation is 2. The summed E-state index contributed by atoms with van der Waals surface area (Å²) in [5.41, 5.74) is 0. The van der Waals surface area contributed by atoms with Crippen LogP contribution < -0.4 is 9.79 Å². The van der Waals surface area contributed by atoms with Crippen LogP contribution in [0.5, 0.6) is 0 Å². The number of hydrogen-bond acceptors (Lipinski definition) is 3. The van der Waals surface area contributed by atoms with Gasteiger partial charge in [-0.25, -0.2) is 0 Å². The molecule has 0 saturated carbocycles. The molecule has 0 unspecified atom stereocenters. The van der Waals surface area contributed by atoms with Crippen molar-refractivity contribution >= 4 is 6.16 Å². The van der Waals surface area contributed by atoms with Crippen molar-refractivity contribution in [2.75, 3.05) is 7.11 Å². The molecule has 0 aliphatic rings. The van der Waals surface area contributed by atoms with Crippen LogP contribution in [0.15, 0.2) is 18.5 Å². The Balaban J connectivity index is 0.000000292. The Hall–Kier alpha value is -1.52. The van der Waals surface area contributed by atoms with Crippen molar-refractivity contribution in [1.82, 2.24) is 4.68 Å². The quantitative estimate of drug-likeness (QED) is 0.486. The average molecular weight is 200 g/mol. The molecular formula is C9H16N2O3. The lowest BCUT2D eigenvalue weighted by Crippen LogP contribution is -2.37. The molecule has 14 heavy (non-hydrogen) atoms. The van der Waals surface area contributed by atoms with Crippen LogP contribution in [0, 0.1) is 0 Å². The summed E-state index contributed by atoms with van der Waals surface area (Å²) in [5, 5.41) is 9.03. The Morgan fingerprint density at radius 1 is 1.64 bits per heavy atom. The van der Waals surface area contributed by atoms with Gasteiger partial charge in [-0.2, -0.15) is 4.68 Å². The minimum Gasteiger partial charge on any atom is -0.553 e. The van der Waals surface area contributed by atoms with Gasteiger partial charge in [-0.15, -0.1) is 4.68 Å². The molecule has 5 heteroatoms. The van der Waals surface area contributed by atoms with Crippen molar-refractivity contribution < 1.29 is 19.3 Å². The molecule has 0 aliphatic heterocycles. The summed E-state index contributed by atoms with van der Waals surface area (Å²) in [7, 11) is 3.09. The third kappa shape index (κ3) is 5.18. The largest absolute Gasteiger partial charge is 0.553 e. The van der Waals surface area contributed by atoms with Gasteiger partial charge in [0.1, 0.15) is 0 Å². The fourth-order valence-corrected chi connectivity index (χ4v) is 0.915. The second-order valence-electron chi connectivity index (χ2n) is 2.68. The topological polar surface area (TPSA) is 58.2 Å². The van der Waals surface area contributed by atoms with Crippen molar-refractivity contribution in [3.63, 3.8) is 0 Å². The Morgan fingerprint density at radius 2 is 2.21 bits per heavy atom. The second kappa shape index (κ2) is 6.94. The van der Waals surface area contributed by atoms with Crippen LogP contribution in [-0.2, 0) is 18.3 Å². The molecule has 1 rings (SSSR count). The van der Waals surface area contributed by atoms with E-state index in [1.165, 1.54) is 6.42 Å². The lowest BCUT2D eigenvalue weighted by atomic mass is 10.5. The molecule has 0 N–H and O–H groups in total. The van der Waals surface area contributed by atoms with E-state index < -0.39 is 6.16 Å². The van der Waals surface area contributed by atoms with Gasteiger partial charge in [0.05, 0.1) is 12.7 Å². The van der Waals surface area contributed by atoms with Gasteiger partial charge >= 0.3 is 0 Å². The lowest BCUT2D eigenvalue weighted by molar-refractivity contribution is -0.753. The first-order chi connectivity index (χ1) is 6.61. The van der Waals surface area contributed by atoms with E-state index in [2.05, 4.69) is 46.5 Å². The molecule has 0 fully saturated rings. The lowest BCUT2D eigenvalue weighted by Gasteiger charge is -1.93. The summed E-state index contributed by atoms with van der Waals surface area (Å²) >= 11 is 0. The Bertz CT molecular complexity index is 271. The van der Waals surface area contributed by atoms with Crippen LogP contribution in [0.4, 0.5) is 4.79 Å². The van der Waals surface area contributed by atoms with Gasteiger partial charge in [-0.05, 0) is 6.42 Å². The van der Waals surface area contributed by atoms with E-state index in [9.17, 15) is 0 Å². The molecule has 0 aromatic carbocycles. The van der Waals surface area contributed by atoms with Gasteiger partial charge in [-0.3, -0.25) is 0 Å². The molecule has 0 bridgehead atoms. The Kier molecular flexibility index (Phi) is 6.19. The fraction of sp³-hybridized carbons (Fsp3) is 0.556. The van der Waals surface area contributed by atoms with E-state index in [-0.39, 0.29) is 0 Å². The number of hydrogen-bond donors (Lipinski definition) is 0. The molecule has 1 heterocycles. The maximum absolute atomic E-state index is 9.03. The normalized spacial score (nSPS) is 8.79. The number of carboxylic acid groups (broad SMARTS) is 1. The Labute approximate surface area is 83.5 Å². The molecule has 1 aromatic rings. The minimum atomic E-state index is -1.50. The molecule has 5 nitrogen and oxygen atoms in total. The standard InChI is InChI=1S/C7H13N2.C2H4O3/c1-3-5-9-7-4-6-8(9)2;1-5-2(3)4/h4,6-7H,3,5H2,1-2H3;1H3,(H,3,4)/q+1;/p-1. The molecule has 0 radical (unpaired) electrons. The molecule has 0 saturated heterocycles. The highest BCUT2D eigenvalue weighted by molar-refractivity contribution is 5.53. The monoisotopic (exact) mass is 200 g/mol. The van der Waals surface area contributed by atoms with Crippen LogP contribution >= 0.6 is 0 Å². The van der Waals surface area contributed by atoms with E-state index in [0.29, 0.717) is 0 Å². The first-order valence-corrected chi connectivity index (χ1v) is 4.37. The van der Waals surface area contributed by atoms with Crippen molar-refractivity contribution in [2.45, 2.75) is 19.9 Å². The highest BCUT2D eigenvalue weighted by atomic mass is 16.6. The van der Waals surface area contributed by atoms with Gasteiger partial charge in [0.25, 0.3) is 6.16 Å². The van der Waals surface area contributed by atoms with Gasteiger partial charge in [0.15, 0.2) is 13.2 Å². The molecule has 1 aromatic heterocycles. The van der Waals surface area contributed by atoms with E-state index >= 15 is 0 Å². The smallest absolute Gasteiger partial charge is 0.251 e. The van der Waals surface area contributed by atoms with Crippen LogP contribution in [-0.4, -0.2) is 17.9 Å². The van der Waals surface area contributed by atoms with Gasteiger partial charge < -0.3 is 14.6 Å². The van der Waals surface area contributed by atoms with E-state index in [1.807, 2.05) is 0 Å². The zero-order valence-electron chi connectivity index (χ0n) is 8.77. The summed E-state index contributed by atoms with van der Waals surface area (Å²) in [5.74, 6) is 0. The summed E-state index contributed by atoms with van der Waals surface area (Å²) in [4.78, 5) is 9.03. The second-order valence-corrected chi connectivity index (χ2v) is 2.68. The number of carbonyl (C=O) groups is 1. The van der Waals surface area contributed by atoms with Crippen molar-refractivity contribution in [3.8, 4) is 0 Å². The Morgan fingerprint density at radius 3 is 2.50 bits per heavy atom. The van der Waals surface area contributed by atoms with Crippen LogP contribution in [0.25, 0.3) is 0 Å². The summed E-state index contributed by atoms with van der Waals surface area (Å²) in [6.07, 6.45) is 3.84. The van der Waals surface area contributed by atoms with Crippen molar-refractivity contribution in [1.29, 1.82) is 0 Å². The SMILES string of the molecule is CCCn1ccc[n+]1C.COC(=O)[O-]. The molecule has 0 amide bonds. The fourth-order valence-electron chi connectivity index (χ4n) is 0.915.